The number of nitrogens with one attached hydrogen (secondary N) is 1. The third-order valence-corrected chi connectivity index (χ3v) is 3.76. The molecule has 1 unspecified atom stereocenters. The van der Waals surface area contributed by atoms with Crippen LogP contribution >= 0.6 is 0 Å². The molecule has 1 N–H and O–H groups in total. The molecular formula is C15H21N5O2. The van der Waals surface area contributed by atoms with E-state index in [1.54, 1.807) is 23.1 Å². The summed E-state index contributed by atoms with van der Waals surface area (Å²) in [5.41, 5.74) is 1.60. The Bertz CT molecular complexity index is 660. The van der Waals surface area contributed by atoms with Gasteiger partial charge in [0.25, 0.3) is 5.91 Å². The second kappa shape index (κ2) is 5.92. The molecule has 3 heterocycles. The summed E-state index contributed by atoms with van der Waals surface area (Å²) >= 11 is 0. The van der Waals surface area contributed by atoms with Gasteiger partial charge in [-0.25, -0.2) is 4.98 Å². The smallest absolute Gasteiger partial charge is 0.272 e. The van der Waals surface area contributed by atoms with E-state index in [-0.39, 0.29) is 18.1 Å². The molecule has 7 heteroatoms. The molecule has 0 aromatic carbocycles. The number of imidazole rings is 1. The molecule has 1 saturated heterocycles. The average Bonchev–Trinajstić information content (AvgIpc) is 3.15. The molecular weight excluding hydrogens is 282 g/mol. The first kappa shape index (κ1) is 14.8. The maximum atomic E-state index is 12.7. The fourth-order valence-corrected chi connectivity index (χ4v) is 2.65. The minimum atomic E-state index is -0.207. The van der Waals surface area contributed by atoms with Gasteiger partial charge in [0.15, 0.2) is 0 Å². The van der Waals surface area contributed by atoms with E-state index in [1.807, 2.05) is 25.7 Å². The van der Waals surface area contributed by atoms with E-state index in [2.05, 4.69) is 15.1 Å². The van der Waals surface area contributed by atoms with E-state index < -0.39 is 0 Å². The lowest BCUT2D eigenvalue weighted by molar-refractivity contribution is -0.0268. The van der Waals surface area contributed by atoms with Crippen LogP contribution in [0.5, 0.6) is 0 Å². The van der Waals surface area contributed by atoms with Gasteiger partial charge < -0.3 is 14.6 Å². The first-order chi connectivity index (χ1) is 10.6. The van der Waals surface area contributed by atoms with E-state index in [0.717, 1.165) is 11.5 Å². The lowest BCUT2D eigenvalue weighted by atomic mass is 10.2. The van der Waals surface area contributed by atoms with Crippen LogP contribution in [0.1, 0.15) is 48.0 Å². The predicted molar refractivity (Wildman–Crippen MR) is 80.5 cm³/mol. The Balaban J connectivity index is 1.77. The number of morpholine rings is 1. The number of aromatic amines is 1. The number of ether oxygens (including phenoxy) is 1. The molecule has 1 atom stereocenters. The molecule has 1 aliphatic heterocycles. The first-order valence-corrected chi connectivity index (χ1v) is 7.52. The van der Waals surface area contributed by atoms with Crippen LogP contribution in [0, 0.1) is 6.92 Å². The highest BCUT2D eigenvalue weighted by molar-refractivity contribution is 5.92. The highest BCUT2D eigenvalue weighted by atomic mass is 16.5. The standard InChI is InChI=1S/C15H21N5O2/c1-10(2)20-12(4-5-17-20)15(21)19-6-7-22-13(9-19)14-16-8-11(3)18-14/h4-5,8,10,13H,6-7,9H2,1-3H3,(H,16,18). The maximum absolute atomic E-state index is 12.7. The largest absolute Gasteiger partial charge is 0.367 e. The number of carbonyl (C=O) groups excluding carboxylic acids is 1. The van der Waals surface area contributed by atoms with Crippen LogP contribution in [-0.4, -0.2) is 50.3 Å². The first-order valence-electron chi connectivity index (χ1n) is 7.52. The van der Waals surface area contributed by atoms with Crippen molar-refractivity contribution >= 4 is 5.91 Å². The van der Waals surface area contributed by atoms with Gasteiger partial charge in [-0.2, -0.15) is 5.10 Å². The summed E-state index contributed by atoms with van der Waals surface area (Å²) in [6.45, 7) is 7.55. The highest BCUT2D eigenvalue weighted by Crippen LogP contribution is 2.21. The molecule has 0 spiro atoms. The minimum Gasteiger partial charge on any atom is -0.367 e. The van der Waals surface area contributed by atoms with Gasteiger partial charge in [-0.3, -0.25) is 9.48 Å². The maximum Gasteiger partial charge on any atom is 0.272 e. The molecule has 2 aromatic heterocycles. The highest BCUT2D eigenvalue weighted by Gasteiger charge is 2.29. The number of hydrogen-bond acceptors (Lipinski definition) is 4. The SMILES string of the molecule is Cc1cnc(C2CN(C(=O)c3ccnn3C(C)C)CCO2)[nH]1. The topological polar surface area (TPSA) is 76.0 Å². The monoisotopic (exact) mass is 303 g/mol. The van der Waals surface area contributed by atoms with Crippen LogP contribution in [0.25, 0.3) is 0 Å². The predicted octanol–water partition coefficient (Wildman–Crippen LogP) is 1.71. The number of rotatable bonds is 3. The van der Waals surface area contributed by atoms with Crippen molar-refractivity contribution in [3.05, 3.63) is 35.7 Å². The molecule has 3 rings (SSSR count). The Morgan fingerprint density at radius 1 is 1.50 bits per heavy atom. The molecule has 0 bridgehead atoms. The van der Waals surface area contributed by atoms with E-state index in [9.17, 15) is 4.79 Å². The molecule has 1 fully saturated rings. The number of aromatic nitrogens is 4. The van der Waals surface area contributed by atoms with Crippen LogP contribution in [-0.2, 0) is 4.74 Å². The lowest BCUT2D eigenvalue weighted by Crippen LogP contribution is -2.43. The van der Waals surface area contributed by atoms with Crippen LogP contribution in [0.15, 0.2) is 18.5 Å². The molecule has 0 radical (unpaired) electrons. The summed E-state index contributed by atoms with van der Waals surface area (Å²) in [5.74, 6) is 0.759. The minimum absolute atomic E-state index is 0.0113. The molecule has 22 heavy (non-hydrogen) atoms. The molecule has 7 nitrogen and oxygen atoms in total. The van der Waals surface area contributed by atoms with Crippen molar-refractivity contribution in [2.45, 2.75) is 32.9 Å². The fraction of sp³-hybridized carbons (Fsp3) is 0.533. The van der Waals surface area contributed by atoms with Crippen molar-refractivity contribution in [1.29, 1.82) is 0 Å². The van der Waals surface area contributed by atoms with Crippen molar-refractivity contribution in [2.24, 2.45) is 0 Å². The van der Waals surface area contributed by atoms with Gasteiger partial charge in [0.1, 0.15) is 17.6 Å². The molecule has 0 saturated carbocycles. The molecule has 1 amide bonds. The number of hydrogen-bond donors (Lipinski definition) is 1. The van der Waals surface area contributed by atoms with Gasteiger partial charge in [-0.1, -0.05) is 0 Å². The van der Waals surface area contributed by atoms with Gasteiger partial charge in [0.2, 0.25) is 0 Å². The normalized spacial score (nSPS) is 18.9. The number of aryl methyl sites for hydroxylation is 1. The zero-order chi connectivity index (χ0) is 15.7. The number of amides is 1. The summed E-state index contributed by atoms with van der Waals surface area (Å²) in [4.78, 5) is 22.0. The summed E-state index contributed by atoms with van der Waals surface area (Å²) in [7, 11) is 0. The average molecular weight is 303 g/mol. The summed E-state index contributed by atoms with van der Waals surface area (Å²) in [6.07, 6.45) is 3.23. The molecule has 0 aliphatic carbocycles. The van der Waals surface area contributed by atoms with Crippen LogP contribution in [0.3, 0.4) is 0 Å². The Morgan fingerprint density at radius 3 is 3.00 bits per heavy atom. The van der Waals surface area contributed by atoms with Crippen molar-refractivity contribution in [1.82, 2.24) is 24.6 Å². The second-order valence-electron chi connectivity index (χ2n) is 5.82. The molecule has 118 valence electrons. The van der Waals surface area contributed by atoms with Gasteiger partial charge >= 0.3 is 0 Å². The van der Waals surface area contributed by atoms with Crippen LogP contribution < -0.4 is 0 Å². The van der Waals surface area contributed by atoms with Gasteiger partial charge in [-0.15, -0.1) is 0 Å². The quantitative estimate of drug-likeness (QED) is 0.936. The lowest BCUT2D eigenvalue weighted by Gasteiger charge is -2.32. The van der Waals surface area contributed by atoms with E-state index in [0.29, 0.717) is 25.4 Å². The van der Waals surface area contributed by atoms with Gasteiger partial charge in [0.05, 0.1) is 13.2 Å². The van der Waals surface area contributed by atoms with E-state index >= 15 is 0 Å². The van der Waals surface area contributed by atoms with Crippen molar-refractivity contribution < 1.29 is 9.53 Å². The van der Waals surface area contributed by atoms with Gasteiger partial charge in [0, 0.05) is 30.7 Å². The zero-order valence-electron chi connectivity index (χ0n) is 13.1. The van der Waals surface area contributed by atoms with E-state index in [4.69, 9.17) is 4.74 Å². The second-order valence-corrected chi connectivity index (χ2v) is 5.82. The third-order valence-electron chi connectivity index (χ3n) is 3.76. The Hall–Kier alpha value is -2.15. The summed E-state index contributed by atoms with van der Waals surface area (Å²) < 4.78 is 7.50. The number of H-pyrrole nitrogens is 1. The van der Waals surface area contributed by atoms with Crippen molar-refractivity contribution in [3.8, 4) is 0 Å². The van der Waals surface area contributed by atoms with Crippen molar-refractivity contribution in [3.63, 3.8) is 0 Å². The molecule has 2 aromatic rings. The summed E-state index contributed by atoms with van der Waals surface area (Å²) in [6, 6.07) is 1.92. The number of carbonyl (C=O) groups is 1. The van der Waals surface area contributed by atoms with Gasteiger partial charge in [-0.05, 0) is 26.8 Å². The zero-order valence-corrected chi connectivity index (χ0v) is 13.1. The Morgan fingerprint density at radius 2 is 2.32 bits per heavy atom. The summed E-state index contributed by atoms with van der Waals surface area (Å²) in [5, 5.41) is 4.23. The Labute approximate surface area is 129 Å². The third kappa shape index (κ3) is 2.76. The van der Waals surface area contributed by atoms with Crippen molar-refractivity contribution in [2.75, 3.05) is 19.7 Å². The fourth-order valence-electron chi connectivity index (χ4n) is 2.65. The van der Waals surface area contributed by atoms with Crippen LogP contribution in [0.4, 0.5) is 0 Å². The van der Waals surface area contributed by atoms with Crippen LogP contribution in [0.2, 0.25) is 0 Å². The Kier molecular flexibility index (Phi) is 3.98. The molecule has 1 aliphatic rings. The number of nitrogens with zero attached hydrogens (tertiary/aromatic N) is 4. The van der Waals surface area contributed by atoms with E-state index in [1.165, 1.54) is 0 Å².